The maximum Gasteiger partial charge on any atom is 0.231 e. The minimum Gasteiger partial charge on any atom is -0.467 e. The summed E-state index contributed by atoms with van der Waals surface area (Å²) in [6.45, 7) is 7.18. The van der Waals surface area contributed by atoms with Crippen LogP contribution in [-0.4, -0.2) is 16.7 Å². The normalized spacial score (nSPS) is 12.3. The van der Waals surface area contributed by atoms with E-state index in [0.29, 0.717) is 13.1 Å². The molecule has 1 aliphatic heterocycles. The van der Waals surface area contributed by atoms with Gasteiger partial charge in [-0.2, -0.15) is 0 Å². The number of thiazole rings is 1. The van der Waals surface area contributed by atoms with Gasteiger partial charge in [0.2, 0.25) is 6.79 Å². The fourth-order valence-electron chi connectivity index (χ4n) is 3.72. The highest BCUT2D eigenvalue weighted by atomic mass is 35.5. The van der Waals surface area contributed by atoms with E-state index in [2.05, 4.69) is 35.0 Å². The van der Waals surface area contributed by atoms with Gasteiger partial charge in [0, 0.05) is 23.5 Å². The van der Waals surface area contributed by atoms with Crippen molar-refractivity contribution < 1.29 is 13.9 Å². The molecule has 0 unspecified atom stereocenters. The Balaban J connectivity index is 1.29. The van der Waals surface area contributed by atoms with Gasteiger partial charge in [0.15, 0.2) is 11.5 Å². The number of nitrogens with zero attached hydrogens (tertiary/aromatic N) is 2. The second-order valence-electron chi connectivity index (χ2n) is 8.00. The summed E-state index contributed by atoms with van der Waals surface area (Å²) in [6.07, 6.45) is 1.66. The second kappa shape index (κ2) is 10.3. The molecule has 0 saturated carbocycles. The molecule has 1 N–H and O–H groups in total. The van der Waals surface area contributed by atoms with E-state index in [1.807, 2.05) is 41.8 Å². The van der Waals surface area contributed by atoms with Gasteiger partial charge in [-0.1, -0.05) is 36.4 Å². The first-order valence-electron chi connectivity index (χ1n) is 10.9. The van der Waals surface area contributed by atoms with E-state index >= 15 is 0 Å². The van der Waals surface area contributed by atoms with Crippen molar-refractivity contribution in [3.63, 3.8) is 0 Å². The first kappa shape index (κ1) is 22.5. The molecule has 0 fully saturated rings. The van der Waals surface area contributed by atoms with Crippen molar-refractivity contribution in [1.82, 2.24) is 15.2 Å². The van der Waals surface area contributed by atoms with Gasteiger partial charge in [0.05, 0.1) is 30.7 Å². The predicted octanol–water partition coefficient (Wildman–Crippen LogP) is 6.08. The van der Waals surface area contributed by atoms with Crippen LogP contribution in [0.4, 0.5) is 0 Å². The van der Waals surface area contributed by atoms with Crippen molar-refractivity contribution in [1.29, 1.82) is 0 Å². The fourth-order valence-corrected chi connectivity index (χ4v) is 4.70. The lowest BCUT2D eigenvalue weighted by atomic mass is 10.1. The molecule has 2 aromatic carbocycles. The number of rotatable bonds is 10. The molecule has 0 saturated heterocycles. The van der Waals surface area contributed by atoms with Gasteiger partial charge in [0.25, 0.3) is 0 Å². The highest BCUT2D eigenvalue weighted by Crippen LogP contribution is 2.33. The Hall–Kier alpha value is -3.26. The molecule has 6 nitrogen and oxygen atoms in total. The van der Waals surface area contributed by atoms with Crippen LogP contribution in [0.15, 0.2) is 77.2 Å². The molecule has 1 aliphatic rings. The zero-order valence-electron chi connectivity index (χ0n) is 18.5. The number of hydrogen-bond acceptors (Lipinski definition) is 7. The molecular weight excluding hydrogens is 470 g/mol. The molecule has 4 aromatic rings. The van der Waals surface area contributed by atoms with Crippen molar-refractivity contribution in [2.45, 2.75) is 26.2 Å². The molecule has 0 aliphatic carbocycles. The van der Waals surface area contributed by atoms with Gasteiger partial charge in [0.1, 0.15) is 10.8 Å². The second-order valence-corrected chi connectivity index (χ2v) is 9.38. The summed E-state index contributed by atoms with van der Waals surface area (Å²) in [5.41, 5.74) is 3.96. The number of aromatic nitrogens is 1. The molecule has 0 bridgehead atoms. The van der Waals surface area contributed by atoms with E-state index in [9.17, 15) is 0 Å². The van der Waals surface area contributed by atoms with E-state index in [1.165, 1.54) is 5.56 Å². The summed E-state index contributed by atoms with van der Waals surface area (Å²) in [7, 11) is 0. The zero-order chi connectivity index (χ0) is 23.3. The third kappa shape index (κ3) is 5.62. The zero-order valence-corrected chi connectivity index (χ0v) is 20.1. The quantitative estimate of drug-likeness (QED) is 0.289. The highest BCUT2D eigenvalue weighted by Gasteiger charge is 2.16. The molecule has 2 aromatic heterocycles. The van der Waals surface area contributed by atoms with Crippen LogP contribution < -0.4 is 14.8 Å². The van der Waals surface area contributed by atoms with Crippen LogP contribution in [-0.2, 0) is 26.2 Å². The third-order valence-corrected chi connectivity index (χ3v) is 6.52. The summed E-state index contributed by atoms with van der Waals surface area (Å²) in [6, 6.07) is 17.9. The van der Waals surface area contributed by atoms with E-state index in [4.69, 9.17) is 30.5 Å². The van der Waals surface area contributed by atoms with E-state index in [1.54, 1.807) is 17.6 Å². The summed E-state index contributed by atoms with van der Waals surface area (Å²) in [5, 5.41) is 7.07. The Morgan fingerprint density at radius 1 is 1.03 bits per heavy atom. The number of hydrogen-bond donors (Lipinski definition) is 1. The summed E-state index contributed by atoms with van der Waals surface area (Å²) in [4.78, 5) is 7.17. The van der Waals surface area contributed by atoms with Crippen molar-refractivity contribution in [3.05, 3.63) is 105 Å². The maximum absolute atomic E-state index is 6.08. The van der Waals surface area contributed by atoms with Crippen molar-refractivity contribution in [2.75, 3.05) is 6.79 Å². The Bertz CT molecular complexity index is 1250. The predicted molar refractivity (Wildman–Crippen MR) is 134 cm³/mol. The Morgan fingerprint density at radius 2 is 1.82 bits per heavy atom. The van der Waals surface area contributed by atoms with Crippen LogP contribution in [0.5, 0.6) is 11.5 Å². The number of fused-ring (bicyclic) bond motifs is 1. The summed E-state index contributed by atoms with van der Waals surface area (Å²) in [5.74, 6) is 2.44. The maximum atomic E-state index is 6.08. The Kier molecular flexibility index (Phi) is 6.85. The number of nitrogens with one attached hydrogen (secondary N) is 1. The fraction of sp³-hybridized carbons (Fsp3) is 0.192. The average molecular weight is 494 g/mol. The van der Waals surface area contributed by atoms with E-state index < -0.39 is 0 Å². The summed E-state index contributed by atoms with van der Waals surface area (Å²) < 4.78 is 16.4. The van der Waals surface area contributed by atoms with Gasteiger partial charge in [-0.15, -0.1) is 11.3 Å². The molecule has 174 valence electrons. The lowest BCUT2D eigenvalue weighted by molar-refractivity contribution is 0.174. The van der Waals surface area contributed by atoms with Gasteiger partial charge in [-0.25, -0.2) is 4.98 Å². The number of ether oxygens (including phenoxy) is 2. The number of halogens is 1. The van der Waals surface area contributed by atoms with Crippen molar-refractivity contribution >= 4 is 28.6 Å². The standard InChI is InChI=1S/C26H24ClN3O3S/c1-18(28-12-22-3-2-10-31-22)23-16-34-26(29-23)15-30(13-19-4-7-21(27)8-5-19)14-20-6-9-24-25(11-20)33-17-32-24/h2-11,16,28H,1,12-15,17H2. The Labute approximate surface area is 207 Å². The van der Waals surface area contributed by atoms with Gasteiger partial charge >= 0.3 is 0 Å². The molecule has 8 heteroatoms. The summed E-state index contributed by atoms with van der Waals surface area (Å²) >= 11 is 7.72. The average Bonchev–Trinajstić information content (AvgIpc) is 3.61. The smallest absolute Gasteiger partial charge is 0.231 e. The van der Waals surface area contributed by atoms with Crippen molar-refractivity contribution in [2.24, 2.45) is 0 Å². The molecular formula is C26H24ClN3O3S. The lowest BCUT2D eigenvalue weighted by Gasteiger charge is -2.22. The van der Waals surface area contributed by atoms with Crippen LogP contribution in [0, 0.1) is 0 Å². The van der Waals surface area contributed by atoms with Crippen LogP contribution in [0.25, 0.3) is 5.70 Å². The molecule has 34 heavy (non-hydrogen) atoms. The molecule has 0 amide bonds. The Morgan fingerprint density at radius 3 is 2.65 bits per heavy atom. The van der Waals surface area contributed by atoms with Crippen LogP contribution >= 0.6 is 22.9 Å². The molecule has 5 rings (SSSR count). The number of furan rings is 1. The highest BCUT2D eigenvalue weighted by molar-refractivity contribution is 7.09. The molecule has 3 heterocycles. The molecule has 0 spiro atoms. The largest absolute Gasteiger partial charge is 0.467 e. The topological polar surface area (TPSA) is 59.8 Å². The van der Waals surface area contributed by atoms with E-state index in [-0.39, 0.29) is 6.79 Å². The van der Waals surface area contributed by atoms with Crippen molar-refractivity contribution in [3.8, 4) is 11.5 Å². The number of benzene rings is 2. The SMILES string of the molecule is C=C(NCc1ccco1)c1csc(CN(Cc2ccc(Cl)cc2)Cc2ccc3c(c2)OCO3)n1. The van der Waals surface area contributed by atoms with Gasteiger partial charge in [-0.3, -0.25) is 4.90 Å². The van der Waals surface area contributed by atoms with Crippen LogP contribution in [0.1, 0.15) is 27.6 Å². The molecule has 0 radical (unpaired) electrons. The minimum atomic E-state index is 0.271. The van der Waals surface area contributed by atoms with Gasteiger partial charge < -0.3 is 19.2 Å². The van der Waals surface area contributed by atoms with Crippen LogP contribution in [0.3, 0.4) is 0 Å². The molecule has 0 atom stereocenters. The first-order chi connectivity index (χ1) is 16.6. The van der Waals surface area contributed by atoms with Gasteiger partial charge in [-0.05, 0) is 47.5 Å². The van der Waals surface area contributed by atoms with E-state index in [0.717, 1.165) is 57.3 Å². The minimum absolute atomic E-state index is 0.271. The lowest BCUT2D eigenvalue weighted by Crippen LogP contribution is -2.22. The first-order valence-corrected chi connectivity index (χ1v) is 12.1. The monoisotopic (exact) mass is 493 g/mol. The van der Waals surface area contributed by atoms with Crippen LogP contribution in [0.2, 0.25) is 5.02 Å². The third-order valence-electron chi connectivity index (χ3n) is 5.44.